The summed E-state index contributed by atoms with van der Waals surface area (Å²) >= 11 is 0. The maximum absolute atomic E-state index is 12.8. The van der Waals surface area contributed by atoms with Gasteiger partial charge in [-0.05, 0) is 23.1 Å². The van der Waals surface area contributed by atoms with Gasteiger partial charge in [0.2, 0.25) is 0 Å². The first-order chi connectivity index (χ1) is 20.6. The lowest BCUT2D eigenvalue weighted by Gasteiger charge is -2.37. The van der Waals surface area contributed by atoms with Crippen LogP contribution >= 0.6 is 0 Å². The van der Waals surface area contributed by atoms with Crippen LogP contribution in [0.5, 0.6) is 0 Å². The maximum atomic E-state index is 12.8. The number of ether oxygens (including phenoxy) is 1. The van der Waals surface area contributed by atoms with E-state index in [9.17, 15) is 15.0 Å². The van der Waals surface area contributed by atoms with Crippen LogP contribution in [0.3, 0.4) is 0 Å². The topological polar surface area (TPSA) is 66.8 Å². The summed E-state index contributed by atoms with van der Waals surface area (Å²) in [5.74, 6) is -0.320. The monoisotopic (exact) mass is 572 g/mol. The van der Waals surface area contributed by atoms with Crippen LogP contribution in [-0.2, 0) is 15.1 Å². The van der Waals surface area contributed by atoms with Gasteiger partial charge in [0.25, 0.3) is 0 Å². The van der Waals surface area contributed by atoms with Crippen LogP contribution in [0.25, 0.3) is 0 Å². The molecule has 4 nitrogen and oxygen atoms in total. The number of unbranched alkanes of at least 4 members (excludes halogenated alkanes) is 12. The Labute approximate surface area is 254 Å². The highest BCUT2D eigenvalue weighted by atomic mass is 16.5. The zero-order chi connectivity index (χ0) is 29.9. The smallest absolute Gasteiger partial charge is 0.164 e. The summed E-state index contributed by atoms with van der Waals surface area (Å²) in [5, 5.41) is 21.6. The summed E-state index contributed by atoms with van der Waals surface area (Å²) in [6.07, 6.45) is 13.5. The van der Waals surface area contributed by atoms with Crippen LogP contribution in [0.1, 0.15) is 114 Å². The molecule has 0 saturated carbocycles. The fourth-order valence-corrected chi connectivity index (χ4v) is 5.75. The quantitative estimate of drug-likeness (QED) is 0.0933. The maximum Gasteiger partial charge on any atom is 0.164 e. The van der Waals surface area contributed by atoms with Crippen LogP contribution in [0.4, 0.5) is 0 Å². The van der Waals surface area contributed by atoms with Gasteiger partial charge < -0.3 is 14.9 Å². The highest BCUT2D eigenvalue weighted by molar-refractivity contribution is 5.83. The average molecular weight is 573 g/mol. The van der Waals surface area contributed by atoms with Crippen molar-refractivity contribution in [3.05, 3.63) is 108 Å². The van der Waals surface area contributed by atoms with E-state index in [-0.39, 0.29) is 18.8 Å². The third kappa shape index (κ3) is 10.5. The Balaban J connectivity index is 1.48. The summed E-state index contributed by atoms with van der Waals surface area (Å²) in [5.41, 5.74) is 1.70. The Morgan fingerprint density at radius 1 is 0.595 bits per heavy atom. The predicted molar refractivity (Wildman–Crippen MR) is 172 cm³/mol. The Morgan fingerprint density at radius 3 is 1.33 bits per heavy atom. The molecule has 0 amide bonds. The second kappa shape index (κ2) is 19.4. The Kier molecular flexibility index (Phi) is 15.6. The van der Waals surface area contributed by atoms with Gasteiger partial charge in [-0.3, -0.25) is 4.79 Å². The van der Waals surface area contributed by atoms with Crippen molar-refractivity contribution in [3.63, 3.8) is 0 Å². The summed E-state index contributed by atoms with van der Waals surface area (Å²) in [7, 11) is 0. The highest BCUT2D eigenvalue weighted by Crippen LogP contribution is 2.40. The molecular weight excluding hydrogens is 520 g/mol. The molecular formula is C38H52O4. The molecule has 0 fully saturated rings. The Hall–Kier alpha value is -2.79. The largest absolute Gasteiger partial charge is 0.388 e. The van der Waals surface area contributed by atoms with E-state index in [1.165, 1.54) is 64.2 Å². The van der Waals surface area contributed by atoms with Crippen molar-refractivity contribution in [1.82, 2.24) is 0 Å². The molecule has 0 aromatic heterocycles. The fourth-order valence-electron chi connectivity index (χ4n) is 5.75. The van der Waals surface area contributed by atoms with Crippen molar-refractivity contribution < 1.29 is 19.7 Å². The molecule has 228 valence electrons. The minimum absolute atomic E-state index is 0.190. The molecule has 3 aromatic rings. The molecule has 0 aliphatic heterocycles. The third-order valence-electron chi connectivity index (χ3n) is 8.23. The Morgan fingerprint density at radius 2 is 0.952 bits per heavy atom. The number of hydrogen-bond acceptors (Lipinski definition) is 4. The van der Waals surface area contributed by atoms with Crippen molar-refractivity contribution in [2.75, 3.05) is 6.61 Å². The van der Waals surface area contributed by atoms with Gasteiger partial charge in [0.05, 0.1) is 6.61 Å². The van der Waals surface area contributed by atoms with Crippen molar-refractivity contribution >= 4 is 5.78 Å². The first-order valence-electron chi connectivity index (χ1n) is 16.3. The molecule has 0 bridgehead atoms. The molecule has 2 atom stereocenters. The minimum atomic E-state index is -1.47. The number of rotatable bonds is 22. The molecule has 42 heavy (non-hydrogen) atoms. The van der Waals surface area contributed by atoms with Crippen LogP contribution in [0, 0.1) is 0 Å². The Bertz CT molecular complexity index is 1000. The van der Waals surface area contributed by atoms with Crippen molar-refractivity contribution in [1.29, 1.82) is 0 Å². The van der Waals surface area contributed by atoms with Gasteiger partial charge in [0.15, 0.2) is 5.78 Å². The van der Waals surface area contributed by atoms with Gasteiger partial charge in [0, 0.05) is 6.42 Å². The van der Waals surface area contributed by atoms with Gasteiger partial charge >= 0.3 is 0 Å². The lowest BCUT2D eigenvalue weighted by Crippen LogP contribution is -2.41. The molecule has 3 aromatic carbocycles. The second-order valence-corrected chi connectivity index (χ2v) is 11.6. The molecule has 4 heteroatoms. The van der Waals surface area contributed by atoms with Gasteiger partial charge in [-0.1, -0.05) is 175 Å². The molecule has 0 aliphatic rings. The first kappa shape index (κ1) is 33.7. The molecule has 0 saturated heterocycles. The fraction of sp³-hybridized carbons (Fsp3) is 0.500. The normalized spacial score (nSPS) is 13.1. The molecule has 2 unspecified atom stereocenters. The predicted octanol–water partition coefficient (Wildman–Crippen LogP) is 8.77. The minimum Gasteiger partial charge on any atom is -0.388 e. The third-order valence-corrected chi connectivity index (χ3v) is 8.23. The number of hydrogen-bond donors (Lipinski definition) is 2. The van der Waals surface area contributed by atoms with Gasteiger partial charge in [-0.15, -0.1) is 0 Å². The van der Waals surface area contributed by atoms with Crippen LogP contribution in [0.2, 0.25) is 0 Å². The van der Waals surface area contributed by atoms with E-state index in [4.69, 9.17) is 4.74 Å². The summed E-state index contributed by atoms with van der Waals surface area (Å²) in [6.45, 7) is 2.07. The van der Waals surface area contributed by atoms with E-state index < -0.39 is 17.8 Å². The highest BCUT2D eigenvalue weighted by Gasteiger charge is 2.39. The molecule has 2 N–H and O–H groups in total. The van der Waals surface area contributed by atoms with Gasteiger partial charge in [-0.25, -0.2) is 0 Å². The molecule has 3 rings (SSSR count). The second-order valence-electron chi connectivity index (χ2n) is 11.6. The van der Waals surface area contributed by atoms with E-state index in [0.29, 0.717) is 0 Å². The molecule has 0 spiro atoms. The first-order valence-corrected chi connectivity index (χ1v) is 16.3. The van der Waals surface area contributed by atoms with Crippen molar-refractivity contribution in [2.45, 2.75) is 115 Å². The number of carbonyl (C=O) groups excluding carboxylic acids is 1. The molecule has 0 heterocycles. The van der Waals surface area contributed by atoms with Crippen molar-refractivity contribution in [3.8, 4) is 0 Å². The van der Waals surface area contributed by atoms with E-state index in [1.54, 1.807) is 0 Å². The van der Waals surface area contributed by atoms with Crippen LogP contribution in [-0.4, -0.2) is 34.8 Å². The standard InChI is InChI=1S/C38H52O4/c1-2-3-4-5-6-7-8-9-10-11-12-13-23-30-35(39)37(41)36(40)31-42-38(32-24-17-14-18-25-32,33-26-19-15-20-27-33)34-28-21-16-22-29-34/h14-22,24-29,36-37,40-41H,2-13,23,30-31H2,1H3. The van der Waals surface area contributed by atoms with Crippen molar-refractivity contribution in [2.24, 2.45) is 0 Å². The van der Waals surface area contributed by atoms with E-state index in [2.05, 4.69) is 6.92 Å². The van der Waals surface area contributed by atoms with E-state index in [0.717, 1.165) is 36.0 Å². The summed E-state index contributed by atoms with van der Waals surface area (Å²) < 4.78 is 6.58. The van der Waals surface area contributed by atoms with E-state index >= 15 is 0 Å². The van der Waals surface area contributed by atoms with Crippen LogP contribution in [0.15, 0.2) is 91.0 Å². The van der Waals surface area contributed by atoms with Crippen LogP contribution < -0.4 is 0 Å². The van der Waals surface area contributed by atoms with E-state index in [1.807, 2.05) is 91.0 Å². The average Bonchev–Trinajstić information content (AvgIpc) is 3.04. The number of carbonyl (C=O) groups is 1. The zero-order valence-electron chi connectivity index (χ0n) is 25.6. The number of benzene rings is 3. The number of Topliss-reactive ketones (excluding diaryl/α,β-unsaturated/α-hetero) is 1. The van der Waals surface area contributed by atoms with Gasteiger partial charge in [0.1, 0.15) is 17.8 Å². The number of aliphatic hydroxyl groups excluding tert-OH is 2. The lowest BCUT2D eigenvalue weighted by molar-refractivity contribution is -0.138. The SMILES string of the molecule is CCCCCCCCCCCCCCCC(=O)C(O)C(O)COC(c1ccccc1)(c1ccccc1)c1ccccc1. The summed E-state index contributed by atoms with van der Waals surface area (Å²) in [6, 6.07) is 29.7. The molecule has 0 aliphatic carbocycles. The number of aliphatic hydroxyl groups is 2. The summed E-state index contributed by atoms with van der Waals surface area (Å²) in [4.78, 5) is 12.8. The lowest BCUT2D eigenvalue weighted by atomic mass is 9.80. The number of ketones is 1. The zero-order valence-corrected chi connectivity index (χ0v) is 25.6. The molecule has 0 radical (unpaired) electrons. The van der Waals surface area contributed by atoms with Gasteiger partial charge in [-0.2, -0.15) is 0 Å².